The summed E-state index contributed by atoms with van der Waals surface area (Å²) in [5.74, 6) is 1.22. The van der Waals surface area contributed by atoms with Crippen LogP contribution in [-0.2, 0) is 17.9 Å². The Labute approximate surface area is 206 Å². The lowest BCUT2D eigenvalue weighted by molar-refractivity contribution is 0.0378. The SMILES string of the molecule is CC(C)OC(=O)c1cccnc1N1CCN(Cc2ccc(OCc3cccc(Cl)c3)cc2)CC1. The maximum Gasteiger partial charge on any atom is 0.342 e. The van der Waals surface area contributed by atoms with Crippen LogP contribution in [0.4, 0.5) is 5.82 Å². The van der Waals surface area contributed by atoms with Gasteiger partial charge >= 0.3 is 5.97 Å². The predicted molar refractivity (Wildman–Crippen MR) is 135 cm³/mol. The maximum absolute atomic E-state index is 12.5. The molecule has 0 N–H and O–H groups in total. The highest BCUT2D eigenvalue weighted by Crippen LogP contribution is 2.22. The zero-order chi connectivity index (χ0) is 23.9. The van der Waals surface area contributed by atoms with E-state index in [2.05, 4.69) is 26.9 Å². The number of rotatable bonds is 8. The predicted octanol–water partition coefficient (Wildman–Crippen LogP) is 5.20. The number of hydrogen-bond acceptors (Lipinski definition) is 6. The molecule has 1 fully saturated rings. The van der Waals surface area contributed by atoms with E-state index >= 15 is 0 Å². The lowest BCUT2D eigenvalue weighted by Crippen LogP contribution is -2.46. The van der Waals surface area contributed by atoms with Crippen LogP contribution in [0.3, 0.4) is 0 Å². The van der Waals surface area contributed by atoms with E-state index in [0.717, 1.165) is 44.0 Å². The third-order valence-corrected chi connectivity index (χ3v) is 5.88. The minimum atomic E-state index is -0.321. The third kappa shape index (κ3) is 6.49. The molecular weight excluding hydrogens is 450 g/mol. The molecule has 7 heteroatoms. The number of hydrogen-bond donors (Lipinski definition) is 0. The molecule has 178 valence electrons. The summed E-state index contributed by atoms with van der Waals surface area (Å²) in [7, 11) is 0. The molecule has 0 amide bonds. The Morgan fingerprint density at radius 1 is 1.00 bits per heavy atom. The summed E-state index contributed by atoms with van der Waals surface area (Å²) in [6, 6.07) is 19.5. The van der Waals surface area contributed by atoms with Crippen molar-refractivity contribution in [2.75, 3.05) is 31.1 Å². The van der Waals surface area contributed by atoms with E-state index in [-0.39, 0.29) is 12.1 Å². The Balaban J connectivity index is 1.29. The summed E-state index contributed by atoms with van der Waals surface area (Å²) in [6.45, 7) is 8.45. The van der Waals surface area contributed by atoms with Gasteiger partial charge in [-0.2, -0.15) is 0 Å². The van der Waals surface area contributed by atoms with Crippen LogP contribution >= 0.6 is 11.6 Å². The Kier molecular flexibility index (Phi) is 8.03. The first kappa shape index (κ1) is 24.0. The van der Waals surface area contributed by atoms with Crippen molar-refractivity contribution in [1.29, 1.82) is 0 Å². The number of nitrogens with zero attached hydrogens (tertiary/aromatic N) is 3. The normalized spacial score (nSPS) is 14.3. The average Bonchev–Trinajstić information content (AvgIpc) is 2.84. The second-order valence-electron chi connectivity index (χ2n) is 8.65. The van der Waals surface area contributed by atoms with Gasteiger partial charge < -0.3 is 14.4 Å². The molecule has 0 bridgehead atoms. The van der Waals surface area contributed by atoms with Crippen molar-refractivity contribution < 1.29 is 14.3 Å². The molecule has 4 rings (SSSR count). The number of pyridine rings is 1. The van der Waals surface area contributed by atoms with Crippen molar-refractivity contribution in [3.05, 3.63) is 88.6 Å². The molecule has 2 aromatic carbocycles. The van der Waals surface area contributed by atoms with Gasteiger partial charge in [0.05, 0.1) is 6.10 Å². The number of carbonyl (C=O) groups excluding carboxylic acids is 1. The van der Waals surface area contributed by atoms with Crippen molar-refractivity contribution in [3.8, 4) is 5.75 Å². The fraction of sp³-hybridized carbons (Fsp3) is 0.333. The number of benzene rings is 2. The summed E-state index contributed by atoms with van der Waals surface area (Å²) in [6.07, 6.45) is 1.56. The highest BCUT2D eigenvalue weighted by molar-refractivity contribution is 6.30. The van der Waals surface area contributed by atoms with Crippen molar-refractivity contribution >= 4 is 23.4 Å². The van der Waals surface area contributed by atoms with E-state index in [1.54, 1.807) is 18.3 Å². The van der Waals surface area contributed by atoms with Crippen molar-refractivity contribution in [3.63, 3.8) is 0 Å². The van der Waals surface area contributed by atoms with Gasteiger partial charge in [0.1, 0.15) is 23.7 Å². The molecule has 3 aromatic rings. The molecule has 0 saturated carbocycles. The molecule has 1 saturated heterocycles. The van der Waals surface area contributed by atoms with E-state index in [4.69, 9.17) is 21.1 Å². The number of anilines is 1. The molecule has 0 unspecified atom stereocenters. The fourth-order valence-corrected chi connectivity index (χ4v) is 4.16. The van der Waals surface area contributed by atoms with E-state index < -0.39 is 0 Å². The number of halogens is 1. The Morgan fingerprint density at radius 3 is 2.47 bits per heavy atom. The third-order valence-electron chi connectivity index (χ3n) is 5.65. The molecule has 2 heterocycles. The van der Waals surface area contributed by atoms with Crippen LogP contribution < -0.4 is 9.64 Å². The van der Waals surface area contributed by atoms with Crippen LogP contribution in [0, 0.1) is 0 Å². The zero-order valence-electron chi connectivity index (χ0n) is 19.6. The van der Waals surface area contributed by atoms with Gasteiger partial charge in [-0.05, 0) is 61.4 Å². The number of piperazine rings is 1. The lowest BCUT2D eigenvalue weighted by Gasteiger charge is -2.36. The van der Waals surface area contributed by atoms with E-state index in [9.17, 15) is 4.79 Å². The summed E-state index contributed by atoms with van der Waals surface area (Å²) < 4.78 is 11.3. The van der Waals surface area contributed by atoms with Gasteiger partial charge in [0.15, 0.2) is 0 Å². The number of ether oxygens (including phenoxy) is 2. The molecule has 0 spiro atoms. The molecule has 0 atom stereocenters. The molecule has 6 nitrogen and oxygen atoms in total. The second kappa shape index (κ2) is 11.4. The highest BCUT2D eigenvalue weighted by atomic mass is 35.5. The maximum atomic E-state index is 12.5. The summed E-state index contributed by atoms with van der Waals surface area (Å²) in [5, 5.41) is 0.714. The van der Waals surface area contributed by atoms with Gasteiger partial charge in [-0.1, -0.05) is 35.9 Å². The smallest absolute Gasteiger partial charge is 0.342 e. The van der Waals surface area contributed by atoms with E-state index in [1.165, 1.54) is 5.56 Å². The second-order valence-corrected chi connectivity index (χ2v) is 9.09. The zero-order valence-corrected chi connectivity index (χ0v) is 20.4. The highest BCUT2D eigenvalue weighted by Gasteiger charge is 2.23. The Bertz CT molecular complexity index is 1100. The van der Waals surface area contributed by atoms with Crippen LogP contribution in [0.1, 0.15) is 35.3 Å². The van der Waals surface area contributed by atoms with Gasteiger partial charge in [-0.3, -0.25) is 4.90 Å². The fourth-order valence-electron chi connectivity index (χ4n) is 3.95. The molecule has 0 radical (unpaired) electrons. The van der Waals surface area contributed by atoms with E-state index in [1.807, 2.05) is 50.2 Å². The summed E-state index contributed by atoms with van der Waals surface area (Å²) >= 11 is 6.04. The molecule has 1 aliphatic rings. The van der Waals surface area contributed by atoms with Crippen LogP contribution in [0.2, 0.25) is 5.02 Å². The van der Waals surface area contributed by atoms with Crippen molar-refractivity contribution in [2.45, 2.75) is 33.1 Å². The minimum absolute atomic E-state index is 0.161. The Hall–Kier alpha value is -3.09. The van der Waals surface area contributed by atoms with Crippen LogP contribution in [-0.4, -0.2) is 48.1 Å². The van der Waals surface area contributed by atoms with Crippen molar-refractivity contribution in [2.24, 2.45) is 0 Å². The van der Waals surface area contributed by atoms with Gasteiger partial charge in [0, 0.05) is 43.9 Å². The number of esters is 1. The molecule has 1 aromatic heterocycles. The first-order valence-electron chi connectivity index (χ1n) is 11.6. The minimum Gasteiger partial charge on any atom is -0.489 e. The first-order valence-corrected chi connectivity index (χ1v) is 12.0. The largest absolute Gasteiger partial charge is 0.489 e. The van der Waals surface area contributed by atoms with E-state index in [0.29, 0.717) is 23.0 Å². The van der Waals surface area contributed by atoms with Crippen LogP contribution in [0.25, 0.3) is 0 Å². The topological polar surface area (TPSA) is 54.9 Å². The number of aromatic nitrogens is 1. The molecule has 0 aliphatic carbocycles. The monoisotopic (exact) mass is 479 g/mol. The Morgan fingerprint density at radius 2 is 1.76 bits per heavy atom. The van der Waals surface area contributed by atoms with Crippen molar-refractivity contribution in [1.82, 2.24) is 9.88 Å². The van der Waals surface area contributed by atoms with Gasteiger partial charge in [0.25, 0.3) is 0 Å². The molecule has 1 aliphatic heterocycles. The van der Waals surface area contributed by atoms with Gasteiger partial charge in [0.2, 0.25) is 0 Å². The number of carbonyl (C=O) groups is 1. The van der Waals surface area contributed by atoms with Gasteiger partial charge in [-0.25, -0.2) is 9.78 Å². The quantitative estimate of drug-likeness (QED) is 0.414. The standard InChI is InChI=1S/C27H30ClN3O3/c1-20(2)34-27(32)25-7-4-12-29-26(25)31-15-13-30(14-16-31)18-21-8-10-24(11-9-21)33-19-22-5-3-6-23(28)17-22/h3-12,17,20H,13-16,18-19H2,1-2H3. The molecule has 34 heavy (non-hydrogen) atoms. The molecular formula is C27H30ClN3O3. The summed E-state index contributed by atoms with van der Waals surface area (Å²) in [5.41, 5.74) is 2.81. The first-order chi connectivity index (χ1) is 16.5. The van der Waals surface area contributed by atoms with Gasteiger partial charge in [-0.15, -0.1) is 0 Å². The lowest BCUT2D eigenvalue weighted by atomic mass is 10.1. The average molecular weight is 480 g/mol. The van der Waals surface area contributed by atoms with Crippen LogP contribution in [0.15, 0.2) is 66.9 Å². The van der Waals surface area contributed by atoms with Crippen LogP contribution in [0.5, 0.6) is 5.75 Å². The summed E-state index contributed by atoms with van der Waals surface area (Å²) in [4.78, 5) is 21.5.